The molecule has 0 aliphatic heterocycles. The summed E-state index contributed by atoms with van der Waals surface area (Å²) in [6.45, 7) is 2.89. The minimum atomic E-state index is -4.24. The number of hydrogen-bond acceptors (Lipinski definition) is 5. The molecule has 0 saturated heterocycles. The van der Waals surface area contributed by atoms with Gasteiger partial charge in [0.25, 0.3) is 10.0 Å². The molecule has 2 amide bonds. The first-order chi connectivity index (χ1) is 20.9. The SMILES string of the molecule is COc1ccc(N(CC(=O)N(Cc2ccc(Cl)c(Cl)c2)C(C)C(=O)NC2CCCCC2)S(=O)(=O)c2ccc(C)cc2)cc1Cl. The lowest BCUT2D eigenvalue weighted by Crippen LogP contribution is -2.53. The fourth-order valence-corrected chi connectivity index (χ4v) is 7.14. The third-order valence-corrected chi connectivity index (χ3v) is 10.6. The van der Waals surface area contributed by atoms with Crippen LogP contribution in [0.3, 0.4) is 0 Å². The van der Waals surface area contributed by atoms with E-state index in [0.29, 0.717) is 21.4 Å². The van der Waals surface area contributed by atoms with Gasteiger partial charge >= 0.3 is 0 Å². The van der Waals surface area contributed by atoms with Crippen LogP contribution in [0.4, 0.5) is 5.69 Å². The molecule has 3 aromatic carbocycles. The van der Waals surface area contributed by atoms with Crippen molar-refractivity contribution in [1.29, 1.82) is 0 Å². The van der Waals surface area contributed by atoms with Gasteiger partial charge in [-0.3, -0.25) is 13.9 Å². The van der Waals surface area contributed by atoms with E-state index in [4.69, 9.17) is 39.5 Å². The molecule has 236 valence electrons. The van der Waals surface area contributed by atoms with Gasteiger partial charge in [0.1, 0.15) is 18.3 Å². The van der Waals surface area contributed by atoms with E-state index in [2.05, 4.69) is 5.32 Å². The highest BCUT2D eigenvalue weighted by atomic mass is 35.5. The number of carbonyl (C=O) groups is 2. The lowest BCUT2D eigenvalue weighted by Gasteiger charge is -2.33. The van der Waals surface area contributed by atoms with Crippen molar-refractivity contribution in [2.75, 3.05) is 18.0 Å². The molecule has 1 aliphatic carbocycles. The number of amides is 2. The molecule has 4 rings (SSSR count). The van der Waals surface area contributed by atoms with E-state index in [1.807, 2.05) is 6.92 Å². The van der Waals surface area contributed by atoms with Crippen molar-refractivity contribution >= 4 is 62.3 Å². The van der Waals surface area contributed by atoms with Crippen molar-refractivity contribution < 1.29 is 22.7 Å². The van der Waals surface area contributed by atoms with Gasteiger partial charge in [-0.15, -0.1) is 0 Å². The molecule has 0 aromatic heterocycles. The fraction of sp³-hybridized carbons (Fsp3) is 0.375. The van der Waals surface area contributed by atoms with Crippen LogP contribution in [0, 0.1) is 6.92 Å². The van der Waals surface area contributed by atoms with E-state index < -0.39 is 28.5 Å². The zero-order valence-corrected chi connectivity index (χ0v) is 27.9. The highest BCUT2D eigenvalue weighted by molar-refractivity contribution is 7.92. The summed E-state index contributed by atoms with van der Waals surface area (Å²) in [6.07, 6.45) is 4.94. The number of methoxy groups -OCH3 is 1. The van der Waals surface area contributed by atoms with Crippen molar-refractivity contribution in [3.05, 3.63) is 86.9 Å². The smallest absolute Gasteiger partial charge is 0.264 e. The summed E-state index contributed by atoms with van der Waals surface area (Å²) in [5.41, 5.74) is 1.67. The molecular formula is C32H36Cl3N3O5S. The second-order valence-electron chi connectivity index (χ2n) is 10.9. The third kappa shape index (κ3) is 8.18. The Morgan fingerprint density at radius 3 is 2.23 bits per heavy atom. The summed E-state index contributed by atoms with van der Waals surface area (Å²) < 4.78 is 34.3. The minimum Gasteiger partial charge on any atom is -0.495 e. The van der Waals surface area contributed by atoms with E-state index >= 15 is 0 Å². The summed E-state index contributed by atoms with van der Waals surface area (Å²) in [7, 11) is -2.79. The van der Waals surface area contributed by atoms with Crippen molar-refractivity contribution in [2.45, 2.75) is 69.5 Å². The fourth-order valence-electron chi connectivity index (χ4n) is 5.16. The van der Waals surface area contributed by atoms with Crippen LogP contribution in [-0.2, 0) is 26.2 Å². The van der Waals surface area contributed by atoms with E-state index in [-0.39, 0.29) is 34.1 Å². The van der Waals surface area contributed by atoms with Crippen LogP contribution in [0.1, 0.15) is 50.2 Å². The Kier molecular flexibility index (Phi) is 11.5. The van der Waals surface area contributed by atoms with Gasteiger partial charge < -0.3 is 15.0 Å². The quantitative estimate of drug-likeness (QED) is 0.235. The van der Waals surface area contributed by atoms with Crippen LogP contribution >= 0.6 is 34.8 Å². The Bertz CT molecular complexity index is 1600. The lowest BCUT2D eigenvalue weighted by molar-refractivity contribution is -0.139. The molecule has 0 heterocycles. The highest BCUT2D eigenvalue weighted by Gasteiger charge is 2.33. The topological polar surface area (TPSA) is 96.0 Å². The van der Waals surface area contributed by atoms with E-state index in [9.17, 15) is 18.0 Å². The van der Waals surface area contributed by atoms with Gasteiger partial charge in [0.2, 0.25) is 11.8 Å². The van der Waals surface area contributed by atoms with Crippen molar-refractivity contribution in [2.24, 2.45) is 0 Å². The number of sulfonamides is 1. The molecule has 3 aromatic rings. The summed E-state index contributed by atoms with van der Waals surface area (Å²) in [5, 5.41) is 3.91. The molecule has 12 heteroatoms. The standard InChI is InChI=1S/C32H36Cl3N3O5S/c1-21-9-13-26(14-10-21)44(41,42)38(25-12-16-30(43-3)29(35)18-25)20-31(39)37(19-23-11-15-27(33)28(34)17-23)22(2)32(40)36-24-7-5-4-6-8-24/h9-18,22,24H,4-8,19-20H2,1-3H3,(H,36,40). The maximum atomic E-state index is 14.2. The molecule has 1 aliphatic rings. The number of carbonyl (C=O) groups excluding carboxylic acids is 2. The van der Waals surface area contributed by atoms with Crippen LogP contribution in [0.25, 0.3) is 0 Å². The zero-order valence-electron chi connectivity index (χ0n) is 24.9. The third-order valence-electron chi connectivity index (χ3n) is 7.77. The summed E-state index contributed by atoms with van der Waals surface area (Å²) in [6, 6.07) is 14.9. The first kappa shape index (κ1) is 33.9. The van der Waals surface area contributed by atoms with Crippen LogP contribution in [0.2, 0.25) is 15.1 Å². The Morgan fingerprint density at radius 2 is 1.61 bits per heavy atom. The first-order valence-corrected chi connectivity index (χ1v) is 16.9. The lowest BCUT2D eigenvalue weighted by atomic mass is 9.95. The molecule has 1 N–H and O–H groups in total. The monoisotopic (exact) mass is 679 g/mol. The summed E-state index contributed by atoms with van der Waals surface area (Å²) >= 11 is 18.8. The maximum absolute atomic E-state index is 14.2. The van der Waals surface area contributed by atoms with E-state index in [1.165, 1.54) is 42.3 Å². The maximum Gasteiger partial charge on any atom is 0.264 e. The number of nitrogens with zero attached hydrogens (tertiary/aromatic N) is 2. The number of nitrogens with one attached hydrogen (secondary N) is 1. The van der Waals surface area contributed by atoms with Crippen LogP contribution < -0.4 is 14.4 Å². The zero-order chi connectivity index (χ0) is 32.0. The average molecular weight is 681 g/mol. The number of rotatable bonds is 11. The molecule has 8 nitrogen and oxygen atoms in total. The van der Waals surface area contributed by atoms with Crippen LogP contribution in [0.5, 0.6) is 5.75 Å². The number of hydrogen-bond donors (Lipinski definition) is 1. The number of benzene rings is 3. The Balaban J connectivity index is 1.72. The van der Waals surface area contributed by atoms with Crippen molar-refractivity contribution in [3.63, 3.8) is 0 Å². The van der Waals surface area contributed by atoms with Gasteiger partial charge in [0.05, 0.1) is 32.8 Å². The molecule has 1 unspecified atom stereocenters. The molecule has 1 atom stereocenters. The average Bonchev–Trinajstić information content (AvgIpc) is 3.00. The molecule has 1 fully saturated rings. The van der Waals surface area contributed by atoms with E-state index in [0.717, 1.165) is 42.0 Å². The summed E-state index contributed by atoms with van der Waals surface area (Å²) in [4.78, 5) is 29.0. The Labute approximate surface area is 274 Å². The van der Waals surface area contributed by atoms with Crippen molar-refractivity contribution in [3.8, 4) is 5.75 Å². The number of aryl methyl sites for hydroxylation is 1. The minimum absolute atomic E-state index is 0.00182. The number of anilines is 1. The molecule has 1 saturated carbocycles. The van der Waals surface area contributed by atoms with Crippen LogP contribution in [-0.4, -0.2) is 50.9 Å². The van der Waals surface area contributed by atoms with Gasteiger partial charge in [0.15, 0.2) is 0 Å². The van der Waals surface area contributed by atoms with Crippen molar-refractivity contribution in [1.82, 2.24) is 10.2 Å². The molecule has 0 bridgehead atoms. The van der Waals surface area contributed by atoms with Gasteiger partial charge in [0, 0.05) is 12.6 Å². The second kappa shape index (κ2) is 14.9. The van der Waals surface area contributed by atoms with Gasteiger partial charge in [-0.2, -0.15) is 0 Å². The predicted octanol–water partition coefficient (Wildman–Crippen LogP) is 7.03. The molecule has 44 heavy (non-hydrogen) atoms. The Morgan fingerprint density at radius 1 is 0.932 bits per heavy atom. The van der Waals surface area contributed by atoms with Gasteiger partial charge in [-0.05, 0) is 74.7 Å². The normalized spacial score (nSPS) is 14.5. The molecule has 0 radical (unpaired) electrons. The first-order valence-electron chi connectivity index (χ1n) is 14.4. The Hall–Kier alpha value is -2.98. The van der Waals surface area contributed by atoms with Gasteiger partial charge in [-0.25, -0.2) is 8.42 Å². The predicted molar refractivity (Wildman–Crippen MR) is 175 cm³/mol. The van der Waals surface area contributed by atoms with Gasteiger partial charge in [-0.1, -0.05) is 77.8 Å². The molecular weight excluding hydrogens is 645 g/mol. The summed E-state index contributed by atoms with van der Waals surface area (Å²) in [5.74, 6) is -0.556. The second-order valence-corrected chi connectivity index (χ2v) is 14.0. The van der Waals surface area contributed by atoms with Crippen LogP contribution in [0.15, 0.2) is 65.6 Å². The highest BCUT2D eigenvalue weighted by Crippen LogP contribution is 2.32. The molecule has 0 spiro atoms. The van der Waals surface area contributed by atoms with E-state index in [1.54, 1.807) is 37.3 Å². The largest absolute Gasteiger partial charge is 0.495 e. The number of ether oxygens (including phenoxy) is 1. The number of halogens is 3.